The number of amides is 1. The van der Waals surface area contributed by atoms with E-state index in [1.165, 1.54) is 6.42 Å². The van der Waals surface area contributed by atoms with Crippen molar-refractivity contribution in [2.75, 3.05) is 18.5 Å². The quantitative estimate of drug-likeness (QED) is 0.670. The Morgan fingerprint density at radius 3 is 2.48 bits per heavy atom. The molecular formula is C24H34N4O3. The van der Waals surface area contributed by atoms with Gasteiger partial charge in [-0.2, -0.15) is 0 Å². The van der Waals surface area contributed by atoms with E-state index < -0.39 is 5.60 Å². The van der Waals surface area contributed by atoms with E-state index in [2.05, 4.69) is 15.6 Å². The molecule has 1 aromatic heterocycles. The van der Waals surface area contributed by atoms with Crippen molar-refractivity contribution in [3.8, 4) is 0 Å². The first-order valence-corrected chi connectivity index (χ1v) is 12.3. The fraction of sp³-hybridized carbons (Fsp3) is 0.792. The number of carbonyl (C=O) groups excluding carboxylic acids is 1. The van der Waals surface area contributed by atoms with Gasteiger partial charge in [0, 0.05) is 37.4 Å². The molecule has 1 saturated heterocycles. The second-order valence-electron chi connectivity index (χ2n) is 10.8. The lowest BCUT2D eigenvalue weighted by atomic mass is 9.52. The standard InChI is InChI=1S/C24H34N4O3/c29-22(27-20-16-8-14-9-17(20)12-24(30,10-14)11-16)19-13-25-23(26-18-4-6-31-7-5-18)28-21(19)15-2-1-3-15/h13-18,20,30H,1-12H2,(H,27,29)(H,25,26,28)/t14?,16?,17?,20-,24+. The van der Waals surface area contributed by atoms with Crippen LogP contribution in [0.1, 0.15) is 86.2 Å². The van der Waals surface area contributed by atoms with Crippen molar-refractivity contribution < 1.29 is 14.6 Å². The highest BCUT2D eigenvalue weighted by Crippen LogP contribution is 2.55. The number of aliphatic hydroxyl groups is 1. The molecule has 3 N–H and O–H groups in total. The Balaban J connectivity index is 1.20. The summed E-state index contributed by atoms with van der Waals surface area (Å²) >= 11 is 0. The molecule has 1 amide bonds. The van der Waals surface area contributed by atoms with Crippen LogP contribution in [0.4, 0.5) is 5.95 Å². The molecule has 7 rings (SSSR count). The highest BCUT2D eigenvalue weighted by atomic mass is 16.5. The van der Waals surface area contributed by atoms with E-state index in [1.54, 1.807) is 6.20 Å². The topological polar surface area (TPSA) is 96.4 Å². The Kier molecular flexibility index (Phi) is 4.94. The summed E-state index contributed by atoms with van der Waals surface area (Å²) in [5.41, 5.74) is 1.08. The van der Waals surface area contributed by atoms with Gasteiger partial charge in [-0.25, -0.2) is 9.97 Å². The third-order valence-electron chi connectivity index (χ3n) is 8.65. The van der Waals surface area contributed by atoms with E-state index in [1.807, 2.05) is 0 Å². The van der Waals surface area contributed by atoms with Gasteiger partial charge in [-0.3, -0.25) is 4.79 Å². The summed E-state index contributed by atoms with van der Waals surface area (Å²) in [5, 5.41) is 17.7. The summed E-state index contributed by atoms with van der Waals surface area (Å²) in [4.78, 5) is 22.8. The van der Waals surface area contributed by atoms with Gasteiger partial charge in [0.2, 0.25) is 5.95 Å². The van der Waals surface area contributed by atoms with E-state index in [-0.39, 0.29) is 11.9 Å². The minimum atomic E-state index is -0.477. The van der Waals surface area contributed by atoms with E-state index >= 15 is 0 Å². The lowest BCUT2D eigenvalue weighted by molar-refractivity contribution is -0.136. The molecule has 5 aliphatic carbocycles. The van der Waals surface area contributed by atoms with Crippen LogP contribution in [0.2, 0.25) is 0 Å². The molecule has 0 spiro atoms. The van der Waals surface area contributed by atoms with Crippen molar-refractivity contribution in [1.29, 1.82) is 0 Å². The predicted molar refractivity (Wildman–Crippen MR) is 116 cm³/mol. The summed E-state index contributed by atoms with van der Waals surface area (Å²) in [6, 6.07) is 0.514. The van der Waals surface area contributed by atoms with Gasteiger partial charge in [0.25, 0.3) is 5.91 Å². The van der Waals surface area contributed by atoms with Gasteiger partial charge in [0.1, 0.15) is 0 Å². The molecule has 0 aromatic carbocycles. The third-order valence-corrected chi connectivity index (χ3v) is 8.65. The van der Waals surface area contributed by atoms with Gasteiger partial charge in [-0.15, -0.1) is 0 Å². The molecular weight excluding hydrogens is 392 g/mol. The monoisotopic (exact) mass is 426 g/mol. The molecule has 7 nitrogen and oxygen atoms in total. The number of nitrogens with one attached hydrogen (secondary N) is 2. The van der Waals surface area contributed by atoms with Crippen LogP contribution in [0.3, 0.4) is 0 Å². The molecule has 5 saturated carbocycles. The fourth-order valence-electron chi connectivity index (χ4n) is 7.10. The Morgan fingerprint density at radius 2 is 1.84 bits per heavy atom. The number of nitrogens with zero attached hydrogens (tertiary/aromatic N) is 2. The molecule has 6 fully saturated rings. The third kappa shape index (κ3) is 3.74. The van der Waals surface area contributed by atoms with Gasteiger partial charge in [0.05, 0.1) is 16.9 Å². The molecule has 0 radical (unpaired) electrons. The highest BCUT2D eigenvalue weighted by molar-refractivity contribution is 5.95. The number of aromatic nitrogens is 2. The average Bonchev–Trinajstić information content (AvgIpc) is 2.69. The molecule has 2 heterocycles. The van der Waals surface area contributed by atoms with Gasteiger partial charge in [-0.05, 0) is 75.5 Å². The Hall–Kier alpha value is -1.73. The second-order valence-corrected chi connectivity index (χ2v) is 10.8. The zero-order valence-electron chi connectivity index (χ0n) is 18.2. The molecule has 1 aliphatic heterocycles. The van der Waals surface area contributed by atoms with Crippen molar-refractivity contribution in [1.82, 2.24) is 15.3 Å². The Morgan fingerprint density at radius 1 is 1.10 bits per heavy atom. The SMILES string of the molecule is O=C(N[C@H]1C2CC3CC1C[C@@](O)(C3)C2)c1cnc(NC2CCOCC2)nc1C1CCC1. The van der Waals surface area contributed by atoms with Crippen molar-refractivity contribution in [3.05, 3.63) is 17.5 Å². The lowest BCUT2D eigenvalue weighted by Gasteiger charge is -2.58. The first-order chi connectivity index (χ1) is 15.1. The van der Waals surface area contributed by atoms with Gasteiger partial charge < -0.3 is 20.5 Å². The molecule has 168 valence electrons. The van der Waals surface area contributed by atoms with Gasteiger partial charge in [0.15, 0.2) is 0 Å². The van der Waals surface area contributed by atoms with Crippen LogP contribution in [0.15, 0.2) is 6.20 Å². The molecule has 4 bridgehead atoms. The van der Waals surface area contributed by atoms with Gasteiger partial charge in [-0.1, -0.05) is 6.42 Å². The molecule has 7 heteroatoms. The second kappa shape index (κ2) is 7.69. The first-order valence-electron chi connectivity index (χ1n) is 12.3. The number of anilines is 1. The average molecular weight is 427 g/mol. The Labute approximate surface area is 183 Å². The van der Waals surface area contributed by atoms with Crippen LogP contribution in [-0.4, -0.2) is 51.9 Å². The van der Waals surface area contributed by atoms with E-state index in [0.717, 1.165) is 76.7 Å². The molecule has 6 aliphatic rings. The minimum Gasteiger partial charge on any atom is -0.390 e. The lowest BCUT2D eigenvalue weighted by Crippen LogP contribution is -2.61. The number of hydrogen-bond acceptors (Lipinski definition) is 6. The summed E-state index contributed by atoms with van der Waals surface area (Å²) in [6.45, 7) is 1.54. The first kappa shape index (κ1) is 19.9. The maximum absolute atomic E-state index is 13.4. The van der Waals surface area contributed by atoms with Crippen molar-refractivity contribution in [3.63, 3.8) is 0 Å². The summed E-state index contributed by atoms with van der Waals surface area (Å²) < 4.78 is 5.45. The number of hydrogen-bond donors (Lipinski definition) is 3. The van der Waals surface area contributed by atoms with Crippen molar-refractivity contribution in [2.24, 2.45) is 17.8 Å². The van der Waals surface area contributed by atoms with Crippen molar-refractivity contribution >= 4 is 11.9 Å². The van der Waals surface area contributed by atoms with Crippen molar-refractivity contribution in [2.45, 2.75) is 87.8 Å². The number of rotatable bonds is 5. The van der Waals surface area contributed by atoms with Crippen LogP contribution < -0.4 is 10.6 Å². The number of carbonyl (C=O) groups is 1. The van der Waals surface area contributed by atoms with Gasteiger partial charge >= 0.3 is 0 Å². The Bertz CT molecular complexity index is 835. The maximum atomic E-state index is 13.4. The normalized spacial score (nSPS) is 37.5. The van der Waals surface area contributed by atoms with Crippen LogP contribution in [-0.2, 0) is 4.74 Å². The zero-order valence-corrected chi connectivity index (χ0v) is 18.2. The maximum Gasteiger partial charge on any atom is 0.254 e. The highest BCUT2D eigenvalue weighted by Gasteiger charge is 2.55. The van der Waals surface area contributed by atoms with Crippen LogP contribution in [0.5, 0.6) is 0 Å². The minimum absolute atomic E-state index is 0.0241. The van der Waals surface area contributed by atoms with Crippen LogP contribution in [0.25, 0.3) is 0 Å². The molecule has 1 aromatic rings. The van der Waals surface area contributed by atoms with E-state index in [4.69, 9.17) is 9.72 Å². The van der Waals surface area contributed by atoms with E-state index in [0.29, 0.717) is 41.2 Å². The summed E-state index contributed by atoms with van der Waals surface area (Å²) in [5.74, 6) is 2.43. The zero-order chi connectivity index (χ0) is 21.0. The molecule has 31 heavy (non-hydrogen) atoms. The predicted octanol–water partition coefficient (Wildman–Crippen LogP) is 3.00. The smallest absolute Gasteiger partial charge is 0.254 e. The largest absolute Gasteiger partial charge is 0.390 e. The molecule has 2 unspecified atom stereocenters. The van der Waals surface area contributed by atoms with Crippen LogP contribution >= 0.6 is 0 Å². The van der Waals surface area contributed by atoms with Crippen LogP contribution in [0, 0.1) is 17.8 Å². The number of ether oxygens (including phenoxy) is 1. The summed E-state index contributed by atoms with van der Waals surface area (Å²) in [6.07, 6.45) is 12.0. The fourth-order valence-corrected chi connectivity index (χ4v) is 7.10. The summed E-state index contributed by atoms with van der Waals surface area (Å²) in [7, 11) is 0. The van der Waals surface area contributed by atoms with E-state index in [9.17, 15) is 9.90 Å². The molecule has 2 atom stereocenters.